The summed E-state index contributed by atoms with van der Waals surface area (Å²) in [5.41, 5.74) is 6.28. The molecule has 6 rings (SSSR count). The van der Waals surface area contributed by atoms with Crippen molar-refractivity contribution in [3.05, 3.63) is 105 Å². The molecule has 1 fully saturated rings. The number of halogens is 1. The third-order valence-corrected chi connectivity index (χ3v) is 8.49. The van der Waals surface area contributed by atoms with Crippen LogP contribution >= 0.6 is 15.9 Å². The second-order valence-corrected chi connectivity index (χ2v) is 11.8. The summed E-state index contributed by atoms with van der Waals surface area (Å²) in [7, 11) is 0. The van der Waals surface area contributed by atoms with Gasteiger partial charge < -0.3 is 9.84 Å². The third-order valence-electron chi connectivity index (χ3n) is 7.96. The van der Waals surface area contributed by atoms with E-state index in [4.69, 9.17) is 4.52 Å². The van der Waals surface area contributed by atoms with Crippen LogP contribution in [-0.2, 0) is 37.4 Å². The minimum Gasteiger partial charge on any atom is -0.352 e. The van der Waals surface area contributed by atoms with Crippen molar-refractivity contribution in [1.29, 1.82) is 0 Å². The Labute approximate surface area is 243 Å². The van der Waals surface area contributed by atoms with Gasteiger partial charge in [0.25, 0.3) is 0 Å². The molecule has 2 aliphatic rings. The number of rotatable bonds is 8. The standard InChI is InChI=1S/C32H34BrN5O2/c33-29-10-8-26(9-11-29)31-35-30(40-36-31)22-37-15-13-27(14-16-37)32(39)34-19-23-4-3-5-24(18-23)20-38-17-12-25-6-1-2-7-28(25)21-38/h1-11,18,27H,12-17,19-22H2,(H,34,39). The lowest BCUT2D eigenvalue weighted by Gasteiger charge is -2.30. The number of nitrogens with zero attached hydrogens (tertiary/aromatic N) is 4. The Morgan fingerprint density at radius 1 is 0.900 bits per heavy atom. The van der Waals surface area contributed by atoms with E-state index in [1.807, 2.05) is 24.3 Å². The van der Waals surface area contributed by atoms with Gasteiger partial charge in [0.2, 0.25) is 17.6 Å². The molecule has 0 bridgehead atoms. The fourth-order valence-corrected chi connectivity index (χ4v) is 5.96. The number of likely N-dealkylation sites (tertiary alicyclic amines) is 1. The number of aromatic nitrogens is 2. The van der Waals surface area contributed by atoms with Gasteiger partial charge in [-0.05, 0) is 78.9 Å². The first-order valence-corrected chi connectivity index (χ1v) is 14.8. The van der Waals surface area contributed by atoms with Crippen LogP contribution in [0.3, 0.4) is 0 Å². The predicted molar refractivity (Wildman–Crippen MR) is 158 cm³/mol. The van der Waals surface area contributed by atoms with Crippen molar-refractivity contribution in [3.63, 3.8) is 0 Å². The van der Waals surface area contributed by atoms with Crippen molar-refractivity contribution < 1.29 is 9.32 Å². The van der Waals surface area contributed by atoms with E-state index >= 15 is 0 Å². The van der Waals surface area contributed by atoms with Gasteiger partial charge in [-0.3, -0.25) is 14.6 Å². The first-order valence-electron chi connectivity index (χ1n) is 14.0. The summed E-state index contributed by atoms with van der Waals surface area (Å²) >= 11 is 3.45. The van der Waals surface area contributed by atoms with Gasteiger partial charge in [-0.2, -0.15) is 4.98 Å². The van der Waals surface area contributed by atoms with E-state index < -0.39 is 0 Å². The van der Waals surface area contributed by atoms with E-state index in [1.165, 1.54) is 16.7 Å². The van der Waals surface area contributed by atoms with Crippen molar-refractivity contribution in [1.82, 2.24) is 25.3 Å². The lowest BCUT2D eigenvalue weighted by molar-refractivity contribution is -0.126. The Morgan fingerprint density at radius 2 is 1.68 bits per heavy atom. The zero-order valence-electron chi connectivity index (χ0n) is 22.6. The summed E-state index contributed by atoms with van der Waals surface area (Å²) < 4.78 is 6.50. The molecule has 0 radical (unpaired) electrons. The molecule has 0 unspecified atom stereocenters. The van der Waals surface area contributed by atoms with Crippen LogP contribution in [-0.4, -0.2) is 45.5 Å². The van der Waals surface area contributed by atoms with E-state index in [0.717, 1.165) is 67.6 Å². The van der Waals surface area contributed by atoms with Gasteiger partial charge in [-0.1, -0.05) is 69.6 Å². The Morgan fingerprint density at radius 3 is 2.50 bits per heavy atom. The number of benzene rings is 3. The third kappa shape index (κ3) is 6.69. The molecule has 40 heavy (non-hydrogen) atoms. The molecular formula is C32H34BrN5O2. The number of hydrogen-bond acceptors (Lipinski definition) is 6. The molecule has 206 valence electrons. The molecule has 1 N–H and O–H groups in total. The average Bonchev–Trinajstić information content (AvgIpc) is 3.45. The molecule has 1 saturated heterocycles. The minimum atomic E-state index is 0.0360. The molecule has 1 aromatic heterocycles. The zero-order valence-corrected chi connectivity index (χ0v) is 24.1. The molecule has 0 atom stereocenters. The number of fused-ring (bicyclic) bond motifs is 1. The second-order valence-electron chi connectivity index (χ2n) is 10.8. The van der Waals surface area contributed by atoms with Gasteiger partial charge in [0.1, 0.15) is 0 Å². The van der Waals surface area contributed by atoms with Gasteiger partial charge >= 0.3 is 0 Å². The van der Waals surface area contributed by atoms with Crippen molar-refractivity contribution in [3.8, 4) is 11.4 Å². The van der Waals surface area contributed by atoms with Crippen molar-refractivity contribution >= 4 is 21.8 Å². The Balaban J connectivity index is 0.949. The second kappa shape index (κ2) is 12.5. The van der Waals surface area contributed by atoms with Crippen LogP contribution in [0.25, 0.3) is 11.4 Å². The molecule has 1 amide bonds. The lowest BCUT2D eigenvalue weighted by Crippen LogP contribution is -2.40. The Bertz CT molecular complexity index is 1450. The van der Waals surface area contributed by atoms with Crippen LogP contribution in [0.1, 0.15) is 41.0 Å². The van der Waals surface area contributed by atoms with Gasteiger partial charge in [0.05, 0.1) is 6.54 Å². The van der Waals surface area contributed by atoms with Gasteiger partial charge in [0, 0.05) is 42.1 Å². The first-order chi connectivity index (χ1) is 19.6. The van der Waals surface area contributed by atoms with Crippen molar-refractivity contribution in [2.45, 2.75) is 45.4 Å². The highest BCUT2D eigenvalue weighted by molar-refractivity contribution is 9.10. The molecule has 4 aromatic rings. The normalized spacial score (nSPS) is 16.5. The fourth-order valence-electron chi connectivity index (χ4n) is 5.70. The number of carbonyl (C=O) groups is 1. The van der Waals surface area contributed by atoms with E-state index in [0.29, 0.717) is 24.8 Å². The zero-order chi connectivity index (χ0) is 27.3. The minimum absolute atomic E-state index is 0.0360. The van der Waals surface area contributed by atoms with E-state index in [-0.39, 0.29) is 11.8 Å². The smallest absolute Gasteiger partial charge is 0.241 e. The number of nitrogens with one attached hydrogen (secondary N) is 1. The van der Waals surface area contributed by atoms with Crippen LogP contribution in [0.2, 0.25) is 0 Å². The van der Waals surface area contributed by atoms with Crippen LogP contribution in [0, 0.1) is 5.92 Å². The first kappa shape index (κ1) is 26.9. The SMILES string of the molecule is O=C(NCc1cccc(CN2CCc3ccccc3C2)c1)C1CCN(Cc2nc(-c3ccc(Br)cc3)no2)CC1. The maximum absolute atomic E-state index is 13.0. The summed E-state index contributed by atoms with van der Waals surface area (Å²) in [6.45, 7) is 5.85. The quantitative estimate of drug-likeness (QED) is 0.285. The van der Waals surface area contributed by atoms with Crippen LogP contribution < -0.4 is 5.32 Å². The van der Waals surface area contributed by atoms with Gasteiger partial charge in [-0.15, -0.1) is 0 Å². The van der Waals surface area contributed by atoms with Crippen molar-refractivity contribution in [2.75, 3.05) is 19.6 Å². The van der Waals surface area contributed by atoms with Gasteiger partial charge in [0.15, 0.2) is 0 Å². The largest absolute Gasteiger partial charge is 0.352 e. The number of hydrogen-bond donors (Lipinski definition) is 1. The molecule has 7 nitrogen and oxygen atoms in total. The molecule has 2 aliphatic heterocycles. The summed E-state index contributed by atoms with van der Waals surface area (Å²) in [6.07, 6.45) is 2.76. The highest BCUT2D eigenvalue weighted by atomic mass is 79.9. The molecule has 3 heterocycles. The lowest BCUT2D eigenvalue weighted by atomic mass is 9.95. The molecule has 3 aromatic carbocycles. The predicted octanol–water partition coefficient (Wildman–Crippen LogP) is 5.59. The average molecular weight is 601 g/mol. The summed E-state index contributed by atoms with van der Waals surface area (Å²) in [5, 5.41) is 7.32. The summed E-state index contributed by atoms with van der Waals surface area (Å²) in [5.74, 6) is 1.39. The van der Waals surface area contributed by atoms with Gasteiger partial charge in [-0.25, -0.2) is 0 Å². The molecular weight excluding hydrogens is 566 g/mol. The Kier molecular flexibility index (Phi) is 8.37. The fraction of sp³-hybridized carbons (Fsp3) is 0.344. The van der Waals surface area contributed by atoms with Crippen LogP contribution in [0.15, 0.2) is 81.8 Å². The molecule has 0 aliphatic carbocycles. The van der Waals surface area contributed by atoms with Crippen LogP contribution in [0.5, 0.6) is 0 Å². The maximum atomic E-state index is 13.0. The summed E-state index contributed by atoms with van der Waals surface area (Å²) in [6, 6.07) is 25.2. The van der Waals surface area contributed by atoms with Crippen LogP contribution in [0.4, 0.5) is 0 Å². The van der Waals surface area contributed by atoms with E-state index in [1.54, 1.807) is 0 Å². The van der Waals surface area contributed by atoms with Crippen molar-refractivity contribution in [2.24, 2.45) is 5.92 Å². The van der Waals surface area contributed by atoms with E-state index in [2.05, 4.69) is 89.7 Å². The monoisotopic (exact) mass is 599 g/mol. The highest BCUT2D eigenvalue weighted by Crippen LogP contribution is 2.23. The summed E-state index contributed by atoms with van der Waals surface area (Å²) in [4.78, 5) is 22.3. The highest BCUT2D eigenvalue weighted by Gasteiger charge is 2.26. The number of piperidine rings is 1. The number of carbonyl (C=O) groups excluding carboxylic acids is 1. The molecule has 0 saturated carbocycles. The molecule has 8 heteroatoms. The molecule has 0 spiro atoms. The Hall–Kier alpha value is -3.33. The maximum Gasteiger partial charge on any atom is 0.241 e. The topological polar surface area (TPSA) is 74.5 Å². The van der Waals surface area contributed by atoms with E-state index in [9.17, 15) is 4.79 Å². The number of amides is 1.